The first-order valence-electron chi connectivity index (χ1n) is 7.12. The van der Waals surface area contributed by atoms with Crippen molar-refractivity contribution in [3.8, 4) is 0 Å². The van der Waals surface area contributed by atoms with Gasteiger partial charge in [0.15, 0.2) is 9.84 Å². The molecule has 1 N–H and O–H groups in total. The van der Waals surface area contributed by atoms with Gasteiger partial charge in [-0.3, -0.25) is 0 Å². The zero-order valence-corrected chi connectivity index (χ0v) is 13.6. The van der Waals surface area contributed by atoms with E-state index in [0.717, 1.165) is 12.1 Å². The Morgan fingerprint density at radius 3 is 2.38 bits per heavy atom. The smallest absolute Gasteiger partial charge is 0.338 e. The van der Waals surface area contributed by atoms with Crippen molar-refractivity contribution in [1.29, 1.82) is 0 Å². The lowest BCUT2D eigenvalue weighted by Gasteiger charge is -2.15. The van der Waals surface area contributed by atoms with Crippen LogP contribution in [0.15, 0.2) is 24.3 Å². The zero-order chi connectivity index (χ0) is 15.9. The molecular weight excluding hydrogens is 290 g/mol. The van der Waals surface area contributed by atoms with Gasteiger partial charge in [0, 0.05) is 17.5 Å². The molecule has 0 aromatic heterocycles. The fourth-order valence-electron chi connectivity index (χ4n) is 1.81. The van der Waals surface area contributed by atoms with E-state index in [9.17, 15) is 13.2 Å². The second-order valence-corrected chi connectivity index (χ2v) is 7.36. The monoisotopic (exact) mass is 313 g/mol. The van der Waals surface area contributed by atoms with E-state index in [2.05, 4.69) is 5.32 Å². The van der Waals surface area contributed by atoms with Crippen molar-refractivity contribution in [2.45, 2.75) is 33.2 Å². The molecule has 0 heterocycles. The van der Waals surface area contributed by atoms with E-state index >= 15 is 0 Å². The van der Waals surface area contributed by atoms with Crippen LogP contribution in [0, 0.1) is 0 Å². The highest BCUT2D eigenvalue weighted by atomic mass is 32.2. The maximum atomic E-state index is 11.6. The number of ether oxygens (including phenoxy) is 1. The third-order valence-electron chi connectivity index (χ3n) is 2.91. The maximum absolute atomic E-state index is 11.6. The van der Waals surface area contributed by atoms with Crippen LogP contribution in [0.3, 0.4) is 0 Å². The molecule has 1 unspecified atom stereocenters. The number of esters is 1. The highest BCUT2D eigenvalue weighted by Crippen LogP contribution is 2.12. The lowest BCUT2D eigenvalue weighted by atomic mass is 10.2. The summed E-state index contributed by atoms with van der Waals surface area (Å²) in [6, 6.07) is 6.64. The highest BCUT2D eigenvalue weighted by molar-refractivity contribution is 7.91. The van der Waals surface area contributed by atoms with E-state index in [1.165, 1.54) is 0 Å². The Labute approximate surface area is 126 Å². The molecule has 1 rings (SSSR count). The number of anilines is 1. The van der Waals surface area contributed by atoms with Gasteiger partial charge in [-0.05, 0) is 37.6 Å². The van der Waals surface area contributed by atoms with Crippen LogP contribution in [0.4, 0.5) is 5.69 Å². The van der Waals surface area contributed by atoms with E-state index < -0.39 is 9.84 Å². The Hall–Kier alpha value is -1.56. The van der Waals surface area contributed by atoms with Gasteiger partial charge in [-0.2, -0.15) is 0 Å². The number of rotatable bonds is 8. The van der Waals surface area contributed by atoms with Gasteiger partial charge in [-0.25, -0.2) is 13.2 Å². The van der Waals surface area contributed by atoms with Crippen molar-refractivity contribution in [1.82, 2.24) is 0 Å². The number of hydrogen-bond acceptors (Lipinski definition) is 5. The van der Waals surface area contributed by atoms with Crippen molar-refractivity contribution in [2.24, 2.45) is 0 Å². The van der Waals surface area contributed by atoms with Crippen LogP contribution in [0.25, 0.3) is 0 Å². The summed E-state index contributed by atoms with van der Waals surface area (Å²) in [6.45, 7) is 5.80. The summed E-state index contributed by atoms with van der Waals surface area (Å²) in [5.41, 5.74) is 1.27. The number of carbonyl (C=O) groups is 1. The van der Waals surface area contributed by atoms with Crippen molar-refractivity contribution >= 4 is 21.5 Å². The predicted octanol–water partition coefficient (Wildman–Crippen LogP) is 2.49. The maximum Gasteiger partial charge on any atom is 0.338 e. The van der Waals surface area contributed by atoms with Gasteiger partial charge in [0.05, 0.1) is 17.9 Å². The molecule has 0 fully saturated rings. The van der Waals surface area contributed by atoms with Crippen LogP contribution < -0.4 is 5.32 Å². The Morgan fingerprint density at radius 1 is 1.24 bits per heavy atom. The van der Waals surface area contributed by atoms with E-state index in [0.29, 0.717) is 12.2 Å². The van der Waals surface area contributed by atoms with Gasteiger partial charge < -0.3 is 10.1 Å². The molecule has 0 radical (unpaired) electrons. The lowest BCUT2D eigenvalue weighted by molar-refractivity contribution is 0.0505. The second kappa shape index (κ2) is 8.02. The molecule has 0 aliphatic carbocycles. The van der Waals surface area contributed by atoms with Crippen molar-refractivity contribution in [2.75, 3.05) is 23.4 Å². The van der Waals surface area contributed by atoms with Gasteiger partial charge in [0.25, 0.3) is 0 Å². The van der Waals surface area contributed by atoms with Crippen molar-refractivity contribution in [3.63, 3.8) is 0 Å². The van der Waals surface area contributed by atoms with E-state index in [1.807, 2.05) is 13.8 Å². The Kier molecular flexibility index (Phi) is 6.68. The zero-order valence-electron chi connectivity index (χ0n) is 12.8. The predicted molar refractivity (Wildman–Crippen MR) is 84.4 cm³/mol. The van der Waals surface area contributed by atoms with Crippen LogP contribution in [0.5, 0.6) is 0 Å². The molecule has 21 heavy (non-hydrogen) atoms. The van der Waals surface area contributed by atoms with Crippen LogP contribution >= 0.6 is 0 Å². The fourth-order valence-corrected chi connectivity index (χ4v) is 2.89. The van der Waals surface area contributed by atoms with Gasteiger partial charge >= 0.3 is 5.97 Å². The molecule has 0 aliphatic heterocycles. The van der Waals surface area contributed by atoms with Gasteiger partial charge in [-0.15, -0.1) is 0 Å². The van der Waals surface area contributed by atoms with Crippen LogP contribution in [0.2, 0.25) is 0 Å². The Morgan fingerprint density at radius 2 is 1.86 bits per heavy atom. The number of hydrogen-bond donors (Lipinski definition) is 1. The summed E-state index contributed by atoms with van der Waals surface area (Å²) < 4.78 is 28.1. The molecule has 6 heteroatoms. The average Bonchev–Trinajstić information content (AvgIpc) is 2.45. The first kappa shape index (κ1) is 17.5. The summed E-state index contributed by atoms with van der Waals surface area (Å²) in [6.07, 6.45) is 0.787. The summed E-state index contributed by atoms with van der Waals surface area (Å²) >= 11 is 0. The molecule has 1 aromatic rings. The van der Waals surface area contributed by atoms with Crippen LogP contribution in [-0.2, 0) is 14.6 Å². The molecule has 0 bridgehead atoms. The van der Waals surface area contributed by atoms with Crippen LogP contribution in [-0.4, -0.2) is 38.5 Å². The molecule has 0 spiro atoms. The first-order chi connectivity index (χ1) is 9.88. The highest BCUT2D eigenvalue weighted by Gasteiger charge is 2.13. The molecule has 0 amide bonds. The minimum atomic E-state index is -3.01. The second-order valence-electron chi connectivity index (χ2n) is 4.96. The molecule has 0 saturated heterocycles. The largest absolute Gasteiger partial charge is 0.462 e. The van der Waals surface area contributed by atoms with E-state index in [4.69, 9.17) is 4.74 Å². The molecular formula is C15H23NO4S. The van der Waals surface area contributed by atoms with E-state index in [-0.39, 0.29) is 23.5 Å². The lowest BCUT2D eigenvalue weighted by Crippen LogP contribution is -2.26. The molecule has 5 nitrogen and oxygen atoms in total. The Bertz CT molecular complexity index is 552. The SMILES string of the molecule is CCCOC(=O)c1ccc(NC(C)CS(=O)(=O)CC)cc1. The number of nitrogens with one attached hydrogen (secondary N) is 1. The summed E-state index contributed by atoms with van der Waals surface area (Å²) in [5, 5.41) is 3.11. The number of benzene rings is 1. The van der Waals surface area contributed by atoms with Crippen molar-refractivity contribution < 1.29 is 17.9 Å². The average molecular weight is 313 g/mol. The quantitative estimate of drug-likeness (QED) is 0.747. The topological polar surface area (TPSA) is 72.5 Å². The molecule has 1 atom stereocenters. The standard InChI is InChI=1S/C15H23NO4S/c1-4-10-20-15(17)13-6-8-14(9-7-13)16-12(3)11-21(18,19)5-2/h6-9,12,16H,4-5,10-11H2,1-3H3. The summed E-state index contributed by atoms with van der Waals surface area (Å²) in [7, 11) is -3.01. The van der Waals surface area contributed by atoms with Gasteiger partial charge in [-0.1, -0.05) is 13.8 Å². The number of sulfone groups is 1. The third kappa shape index (κ3) is 6.16. The van der Waals surface area contributed by atoms with Crippen LogP contribution in [0.1, 0.15) is 37.6 Å². The summed E-state index contributed by atoms with van der Waals surface area (Å²) in [4.78, 5) is 11.6. The minimum Gasteiger partial charge on any atom is -0.462 e. The molecule has 118 valence electrons. The third-order valence-corrected chi connectivity index (χ3v) is 4.80. The molecule has 1 aromatic carbocycles. The van der Waals surface area contributed by atoms with Gasteiger partial charge in [0.2, 0.25) is 0 Å². The minimum absolute atomic E-state index is 0.0871. The van der Waals surface area contributed by atoms with Crippen molar-refractivity contribution in [3.05, 3.63) is 29.8 Å². The Balaban J connectivity index is 2.60. The molecule has 0 aliphatic rings. The first-order valence-corrected chi connectivity index (χ1v) is 8.94. The number of carbonyl (C=O) groups excluding carboxylic acids is 1. The van der Waals surface area contributed by atoms with E-state index in [1.54, 1.807) is 31.2 Å². The molecule has 0 saturated carbocycles. The summed E-state index contributed by atoms with van der Waals surface area (Å²) in [5.74, 6) is -0.115. The van der Waals surface area contributed by atoms with Gasteiger partial charge in [0.1, 0.15) is 0 Å². The normalized spacial score (nSPS) is 12.7. The fraction of sp³-hybridized carbons (Fsp3) is 0.533.